The molecule has 0 fully saturated rings. The number of aryl methyl sites for hydroxylation is 1. The van der Waals surface area contributed by atoms with Crippen LogP contribution in [0.3, 0.4) is 0 Å². The zero-order valence-electron chi connectivity index (χ0n) is 8.42. The number of ether oxygens (including phenoxy) is 1. The van der Waals surface area contributed by atoms with Gasteiger partial charge in [-0.25, -0.2) is 13.8 Å². The molecule has 0 spiro atoms. The van der Waals surface area contributed by atoms with Crippen molar-refractivity contribution in [3.8, 4) is 11.8 Å². The molecule has 80 valence electrons. The van der Waals surface area contributed by atoms with E-state index >= 15 is 0 Å². The Balaban J connectivity index is 3.24. The van der Waals surface area contributed by atoms with Gasteiger partial charge in [0.25, 0.3) is 6.43 Å². The zero-order chi connectivity index (χ0) is 11.4. The summed E-state index contributed by atoms with van der Waals surface area (Å²) in [7, 11) is 1.30. The fourth-order valence-electron chi connectivity index (χ4n) is 1.23. The fourth-order valence-corrected chi connectivity index (χ4v) is 1.23. The number of aromatic nitrogens is 1. The molecular weight excluding hydrogens is 202 g/mol. The lowest BCUT2D eigenvalue weighted by Crippen LogP contribution is -2.01. The number of methoxy groups -OCH3 is 1. The van der Waals surface area contributed by atoms with Gasteiger partial charge in [-0.05, 0) is 18.6 Å². The number of nitriles is 1. The molecule has 5 heteroatoms. The fraction of sp³-hybridized carbons (Fsp3) is 0.400. The standard InChI is InChI=1S/C10H10F2N2O/c1-6-7(3-4-13)5-8(15-2)9(14-6)10(11)12/h5,10H,3H2,1-2H3. The number of hydrogen-bond acceptors (Lipinski definition) is 3. The van der Waals surface area contributed by atoms with E-state index in [1.165, 1.54) is 13.2 Å². The van der Waals surface area contributed by atoms with Crippen LogP contribution in [0.2, 0.25) is 0 Å². The largest absolute Gasteiger partial charge is 0.495 e. The minimum absolute atomic E-state index is 0.0286. The van der Waals surface area contributed by atoms with Crippen molar-refractivity contribution in [2.24, 2.45) is 0 Å². The maximum Gasteiger partial charge on any atom is 0.284 e. The van der Waals surface area contributed by atoms with Crippen LogP contribution in [0.1, 0.15) is 23.4 Å². The van der Waals surface area contributed by atoms with Gasteiger partial charge in [-0.3, -0.25) is 0 Å². The van der Waals surface area contributed by atoms with Gasteiger partial charge in [-0.1, -0.05) is 0 Å². The quantitative estimate of drug-likeness (QED) is 0.772. The molecule has 0 aliphatic heterocycles. The van der Waals surface area contributed by atoms with Gasteiger partial charge < -0.3 is 4.74 Å². The minimum atomic E-state index is -2.67. The van der Waals surface area contributed by atoms with Crippen LogP contribution >= 0.6 is 0 Å². The van der Waals surface area contributed by atoms with Crippen molar-refractivity contribution in [3.63, 3.8) is 0 Å². The Hall–Kier alpha value is -1.70. The Morgan fingerprint density at radius 3 is 2.73 bits per heavy atom. The van der Waals surface area contributed by atoms with Gasteiger partial charge in [0, 0.05) is 5.69 Å². The Morgan fingerprint density at radius 2 is 2.27 bits per heavy atom. The first-order valence-electron chi connectivity index (χ1n) is 4.29. The van der Waals surface area contributed by atoms with Crippen LogP contribution in [-0.2, 0) is 6.42 Å². The summed E-state index contributed by atoms with van der Waals surface area (Å²) in [5.74, 6) is 0.0286. The molecular formula is C10H10F2N2O. The second-order valence-corrected chi connectivity index (χ2v) is 2.96. The lowest BCUT2D eigenvalue weighted by atomic mass is 10.1. The van der Waals surface area contributed by atoms with Crippen LogP contribution in [0.15, 0.2) is 6.07 Å². The van der Waals surface area contributed by atoms with Crippen LogP contribution < -0.4 is 4.74 Å². The molecule has 0 atom stereocenters. The average Bonchev–Trinajstić information content (AvgIpc) is 2.20. The molecule has 1 aromatic heterocycles. The Bertz CT molecular complexity index is 399. The molecule has 0 unspecified atom stereocenters. The van der Waals surface area contributed by atoms with E-state index in [2.05, 4.69) is 4.98 Å². The summed E-state index contributed by atoms with van der Waals surface area (Å²) in [6.45, 7) is 1.60. The molecule has 3 nitrogen and oxygen atoms in total. The van der Waals surface area contributed by atoms with Gasteiger partial charge in [0.1, 0.15) is 11.4 Å². The van der Waals surface area contributed by atoms with Crippen molar-refractivity contribution in [2.75, 3.05) is 7.11 Å². The SMILES string of the molecule is COc1cc(CC#N)c(C)nc1C(F)F. The van der Waals surface area contributed by atoms with Gasteiger partial charge in [-0.15, -0.1) is 0 Å². The number of alkyl halides is 2. The molecule has 1 heterocycles. The van der Waals surface area contributed by atoms with Gasteiger partial charge in [0.05, 0.1) is 19.6 Å². The van der Waals surface area contributed by atoms with Crippen LogP contribution in [-0.4, -0.2) is 12.1 Å². The van der Waals surface area contributed by atoms with Crippen LogP contribution in [0.5, 0.6) is 5.75 Å². The first-order chi connectivity index (χ1) is 7.10. The van der Waals surface area contributed by atoms with E-state index in [1.807, 2.05) is 6.07 Å². The van der Waals surface area contributed by atoms with Gasteiger partial charge in [0.2, 0.25) is 0 Å². The number of hydrogen-bond donors (Lipinski definition) is 0. The number of rotatable bonds is 3. The number of pyridine rings is 1. The lowest BCUT2D eigenvalue weighted by Gasteiger charge is -2.10. The highest BCUT2D eigenvalue weighted by atomic mass is 19.3. The van der Waals surface area contributed by atoms with Crippen LogP contribution in [0.25, 0.3) is 0 Å². The topological polar surface area (TPSA) is 45.9 Å². The monoisotopic (exact) mass is 212 g/mol. The smallest absolute Gasteiger partial charge is 0.284 e. The van der Waals surface area contributed by atoms with Crippen molar-refractivity contribution >= 4 is 0 Å². The zero-order valence-corrected chi connectivity index (χ0v) is 8.42. The predicted octanol–water partition coefficient (Wildman–Crippen LogP) is 2.40. The van der Waals surface area contributed by atoms with E-state index in [1.54, 1.807) is 6.92 Å². The van der Waals surface area contributed by atoms with E-state index in [4.69, 9.17) is 10.00 Å². The second kappa shape index (κ2) is 4.69. The van der Waals surface area contributed by atoms with Crippen molar-refractivity contribution in [1.82, 2.24) is 4.98 Å². The van der Waals surface area contributed by atoms with E-state index < -0.39 is 6.43 Å². The molecule has 1 aromatic rings. The highest BCUT2D eigenvalue weighted by Gasteiger charge is 2.17. The second-order valence-electron chi connectivity index (χ2n) is 2.96. The third-order valence-electron chi connectivity index (χ3n) is 2.01. The molecule has 0 aromatic carbocycles. The minimum Gasteiger partial charge on any atom is -0.495 e. The van der Waals surface area contributed by atoms with Crippen molar-refractivity contribution in [3.05, 3.63) is 23.0 Å². The summed E-state index contributed by atoms with van der Waals surface area (Å²) in [5.41, 5.74) is 0.670. The molecule has 0 amide bonds. The Labute approximate surface area is 86.3 Å². The average molecular weight is 212 g/mol. The van der Waals surface area contributed by atoms with Crippen LogP contribution in [0.4, 0.5) is 8.78 Å². The maximum absolute atomic E-state index is 12.5. The predicted molar refractivity (Wildman–Crippen MR) is 49.8 cm³/mol. The third kappa shape index (κ3) is 2.40. The third-order valence-corrected chi connectivity index (χ3v) is 2.01. The first kappa shape index (κ1) is 11.4. The summed E-state index contributed by atoms with van der Waals surface area (Å²) in [6, 6.07) is 3.38. The van der Waals surface area contributed by atoms with Crippen LogP contribution in [0, 0.1) is 18.3 Å². The molecule has 0 radical (unpaired) electrons. The maximum atomic E-state index is 12.5. The molecule has 0 N–H and O–H groups in total. The molecule has 0 saturated carbocycles. The molecule has 0 bridgehead atoms. The van der Waals surface area contributed by atoms with Gasteiger partial charge in [0.15, 0.2) is 0 Å². The molecule has 0 aliphatic carbocycles. The normalized spacial score (nSPS) is 10.1. The van der Waals surface area contributed by atoms with E-state index in [0.717, 1.165) is 0 Å². The lowest BCUT2D eigenvalue weighted by molar-refractivity contribution is 0.141. The summed E-state index contributed by atoms with van der Waals surface area (Å²) >= 11 is 0. The highest BCUT2D eigenvalue weighted by molar-refractivity contribution is 5.37. The Kier molecular flexibility index (Phi) is 3.56. The highest BCUT2D eigenvalue weighted by Crippen LogP contribution is 2.28. The van der Waals surface area contributed by atoms with E-state index in [-0.39, 0.29) is 17.9 Å². The first-order valence-corrected chi connectivity index (χ1v) is 4.29. The number of nitrogens with zero attached hydrogens (tertiary/aromatic N) is 2. The van der Waals surface area contributed by atoms with Crippen molar-refractivity contribution in [2.45, 2.75) is 19.8 Å². The summed E-state index contributed by atoms with van der Waals surface area (Å²) in [4.78, 5) is 3.74. The van der Waals surface area contributed by atoms with Gasteiger partial charge in [-0.2, -0.15) is 5.26 Å². The van der Waals surface area contributed by atoms with E-state index in [0.29, 0.717) is 11.3 Å². The number of halogens is 2. The van der Waals surface area contributed by atoms with Crippen molar-refractivity contribution in [1.29, 1.82) is 5.26 Å². The molecule has 0 saturated heterocycles. The molecule has 1 rings (SSSR count). The summed E-state index contributed by atoms with van der Waals surface area (Å²) in [6.07, 6.45) is -2.53. The summed E-state index contributed by atoms with van der Waals surface area (Å²) in [5, 5.41) is 8.52. The van der Waals surface area contributed by atoms with E-state index in [9.17, 15) is 8.78 Å². The summed E-state index contributed by atoms with van der Waals surface area (Å²) < 4.78 is 29.8. The molecule has 15 heavy (non-hydrogen) atoms. The van der Waals surface area contributed by atoms with Gasteiger partial charge >= 0.3 is 0 Å². The Morgan fingerprint density at radius 1 is 1.60 bits per heavy atom. The van der Waals surface area contributed by atoms with Crippen molar-refractivity contribution < 1.29 is 13.5 Å². The molecule has 0 aliphatic rings.